The fourth-order valence-corrected chi connectivity index (χ4v) is 0.398. The molecule has 0 N–H and O–H groups in total. The predicted octanol–water partition coefficient (Wildman–Crippen LogP) is 2.76. The first-order chi connectivity index (χ1) is 3.98. The van der Waals surface area contributed by atoms with Crippen molar-refractivity contribution in [1.29, 1.82) is 0 Å². The van der Waals surface area contributed by atoms with Crippen LogP contribution in [-0.2, 0) is 0 Å². The molecular weight excluding hydrogens is 129 g/mol. The van der Waals surface area contributed by atoms with Gasteiger partial charge in [0, 0.05) is 0 Å². The van der Waals surface area contributed by atoms with Gasteiger partial charge < -0.3 is 0 Å². The topological polar surface area (TPSA) is 0 Å². The summed E-state index contributed by atoms with van der Waals surface area (Å²) < 4.78 is 34.8. The lowest BCUT2D eigenvalue weighted by Crippen LogP contribution is -2.17. The summed E-state index contributed by atoms with van der Waals surface area (Å²) in [7, 11) is 0. The van der Waals surface area contributed by atoms with E-state index in [9.17, 15) is 13.2 Å². The molecule has 0 fully saturated rings. The van der Waals surface area contributed by atoms with Crippen molar-refractivity contribution in [3.63, 3.8) is 0 Å². The molecule has 0 saturated carbocycles. The lowest BCUT2D eigenvalue weighted by atomic mass is 10.1. The highest BCUT2D eigenvalue weighted by molar-refractivity contribution is 4.86. The average Bonchev–Trinajstić information content (AvgIpc) is 1.64. The van der Waals surface area contributed by atoms with Crippen LogP contribution in [0.3, 0.4) is 0 Å². The molecule has 0 rings (SSSR count). The third-order valence-electron chi connectivity index (χ3n) is 0.997. The van der Waals surface area contributed by atoms with Crippen LogP contribution in [0.2, 0.25) is 0 Å². The summed E-state index contributed by atoms with van der Waals surface area (Å²) >= 11 is 0. The molecule has 0 aromatic carbocycles. The van der Waals surface area contributed by atoms with E-state index in [1.807, 2.05) is 0 Å². The zero-order valence-electron chi connectivity index (χ0n) is 5.37. The number of hydrogen-bond donors (Lipinski definition) is 0. The zero-order chi connectivity index (χ0) is 7.49. The van der Waals surface area contributed by atoms with Gasteiger partial charge in [0.1, 0.15) is 0 Å². The molecule has 1 atom stereocenters. The van der Waals surface area contributed by atoms with E-state index in [-0.39, 0.29) is 0 Å². The Morgan fingerprint density at radius 2 is 1.78 bits per heavy atom. The van der Waals surface area contributed by atoms with Crippen molar-refractivity contribution in [2.45, 2.75) is 20.0 Å². The summed E-state index contributed by atoms with van der Waals surface area (Å²) in [5.41, 5.74) is 0. The van der Waals surface area contributed by atoms with Crippen LogP contribution in [0.15, 0.2) is 12.2 Å². The molecule has 0 aliphatic rings. The molecular formula is C6H9F3. The van der Waals surface area contributed by atoms with Crippen LogP contribution in [0.25, 0.3) is 0 Å². The summed E-state index contributed by atoms with van der Waals surface area (Å²) in [6.07, 6.45) is -1.55. The van der Waals surface area contributed by atoms with Gasteiger partial charge in [0.2, 0.25) is 0 Å². The van der Waals surface area contributed by atoms with Crippen LogP contribution in [0.1, 0.15) is 13.8 Å². The molecule has 54 valence electrons. The fraction of sp³-hybridized carbons (Fsp3) is 0.667. The average molecular weight is 138 g/mol. The van der Waals surface area contributed by atoms with E-state index in [1.54, 1.807) is 6.92 Å². The standard InChI is InChI=1S/C6H9F3/c1-3-4-5(2)6(7,8)9/h3-5H,1-2H3/b4-3-. The quantitative estimate of drug-likeness (QED) is 0.489. The van der Waals surface area contributed by atoms with Gasteiger partial charge in [-0.1, -0.05) is 19.1 Å². The molecule has 0 aliphatic heterocycles. The van der Waals surface area contributed by atoms with Crippen molar-refractivity contribution in [2.24, 2.45) is 5.92 Å². The van der Waals surface area contributed by atoms with Crippen LogP contribution in [0.4, 0.5) is 13.2 Å². The Bertz CT molecular complexity index is 101. The number of halogens is 3. The summed E-state index contributed by atoms with van der Waals surface area (Å²) in [6.45, 7) is 2.70. The third-order valence-corrected chi connectivity index (χ3v) is 0.997. The molecule has 0 bridgehead atoms. The lowest BCUT2D eigenvalue weighted by molar-refractivity contribution is -0.156. The number of hydrogen-bond acceptors (Lipinski definition) is 0. The highest BCUT2D eigenvalue weighted by atomic mass is 19.4. The summed E-state index contributed by atoms with van der Waals surface area (Å²) in [6, 6.07) is 0. The largest absolute Gasteiger partial charge is 0.394 e. The summed E-state index contributed by atoms with van der Waals surface area (Å²) in [4.78, 5) is 0. The predicted molar refractivity (Wildman–Crippen MR) is 30.0 cm³/mol. The number of rotatable bonds is 1. The van der Waals surface area contributed by atoms with Crippen molar-refractivity contribution in [3.8, 4) is 0 Å². The lowest BCUT2D eigenvalue weighted by Gasteiger charge is -2.09. The van der Waals surface area contributed by atoms with Crippen LogP contribution in [0.5, 0.6) is 0 Å². The van der Waals surface area contributed by atoms with E-state index in [0.717, 1.165) is 13.0 Å². The fourth-order valence-electron chi connectivity index (χ4n) is 0.398. The van der Waals surface area contributed by atoms with E-state index in [0.29, 0.717) is 0 Å². The maximum Gasteiger partial charge on any atom is 0.394 e. The van der Waals surface area contributed by atoms with Gasteiger partial charge in [0.25, 0.3) is 0 Å². The van der Waals surface area contributed by atoms with E-state index >= 15 is 0 Å². The molecule has 0 spiro atoms. The minimum absolute atomic E-state index is 1.12. The Morgan fingerprint density at radius 3 is 1.89 bits per heavy atom. The molecule has 0 saturated heterocycles. The maximum atomic E-state index is 11.6. The van der Waals surface area contributed by atoms with Crippen LogP contribution < -0.4 is 0 Å². The van der Waals surface area contributed by atoms with Crippen molar-refractivity contribution in [1.82, 2.24) is 0 Å². The molecule has 0 aliphatic carbocycles. The van der Waals surface area contributed by atoms with Gasteiger partial charge in [-0.3, -0.25) is 0 Å². The second-order valence-electron chi connectivity index (χ2n) is 1.86. The Balaban J connectivity index is 3.88. The minimum atomic E-state index is -4.08. The molecule has 3 heteroatoms. The molecule has 0 heterocycles. The van der Waals surface area contributed by atoms with Crippen LogP contribution >= 0.6 is 0 Å². The van der Waals surface area contributed by atoms with Crippen molar-refractivity contribution in [3.05, 3.63) is 12.2 Å². The second-order valence-corrected chi connectivity index (χ2v) is 1.86. The summed E-state index contributed by atoms with van der Waals surface area (Å²) in [5.74, 6) is -1.32. The minimum Gasteiger partial charge on any atom is -0.170 e. The molecule has 1 unspecified atom stereocenters. The van der Waals surface area contributed by atoms with Crippen LogP contribution in [0, 0.1) is 5.92 Å². The molecule has 9 heavy (non-hydrogen) atoms. The van der Waals surface area contributed by atoms with Gasteiger partial charge in [0.15, 0.2) is 0 Å². The first-order valence-electron chi connectivity index (χ1n) is 2.68. The van der Waals surface area contributed by atoms with Crippen molar-refractivity contribution >= 4 is 0 Å². The van der Waals surface area contributed by atoms with Crippen LogP contribution in [-0.4, -0.2) is 6.18 Å². The Hall–Kier alpha value is -0.470. The monoisotopic (exact) mass is 138 g/mol. The molecule has 0 radical (unpaired) electrons. The maximum absolute atomic E-state index is 11.6. The van der Waals surface area contributed by atoms with Gasteiger partial charge in [-0.2, -0.15) is 13.2 Å². The first-order valence-corrected chi connectivity index (χ1v) is 2.68. The Labute approximate surface area is 52.4 Å². The van der Waals surface area contributed by atoms with E-state index in [1.165, 1.54) is 6.08 Å². The zero-order valence-corrected chi connectivity index (χ0v) is 5.37. The first kappa shape index (κ1) is 8.53. The smallest absolute Gasteiger partial charge is 0.170 e. The highest BCUT2D eigenvalue weighted by Gasteiger charge is 2.33. The Kier molecular flexibility index (Phi) is 2.74. The van der Waals surface area contributed by atoms with E-state index in [2.05, 4.69) is 0 Å². The third kappa shape index (κ3) is 3.16. The molecule has 0 amide bonds. The van der Waals surface area contributed by atoms with Gasteiger partial charge in [-0.05, 0) is 6.92 Å². The van der Waals surface area contributed by atoms with E-state index in [4.69, 9.17) is 0 Å². The molecule has 0 aromatic heterocycles. The SMILES string of the molecule is C/C=C\C(C)C(F)(F)F. The van der Waals surface area contributed by atoms with Crippen molar-refractivity contribution < 1.29 is 13.2 Å². The van der Waals surface area contributed by atoms with Gasteiger partial charge >= 0.3 is 6.18 Å². The van der Waals surface area contributed by atoms with Gasteiger partial charge in [-0.15, -0.1) is 0 Å². The number of alkyl halides is 3. The Morgan fingerprint density at radius 1 is 1.33 bits per heavy atom. The molecule has 0 nitrogen and oxygen atoms in total. The second kappa shape index (κ2) is 2.90. The summed E-state index contributed by atoms with van der Waals surface area (Å²) in [5, 5.41) is 0. The highest BCUT2D eigenvalue weighted by Crippen LogP contribution is 2.26. The molecule has 0 aromatic rings. The van der Waals surface area contributed by atoms with E-state index < -0.39 is 12.1 Å². The van der Waals surface area contributed by atoms with Crippen molar-refractivity contribution in [2.75, 3.05) is 0 Å². The van der Waals surface area contributed by atoms with Gasteiger partial charge in [-0.25, -0.2) is 0 Å². The number of allylic oxidation sites excluding steroid dienone is 2. The normalized spacial score (nSPS) is 16.6. The van der Waals surface area contributed by atoms with Gasteiger partial charge in [0.05, 0.1) is 5.92 Å².